The van der Waals surface area contributed by atoms with Gasteiger partial charge in [0.05, 0.1) is 17.0 Å². The summed E-state index contributed by atoms with van der Waals surface area (Å²) in [4.78, 5) is 0. The Balaban J connectivity index is 2.13. The molecule has 1 aliphatic heterocycles. The van der Waals surface area contributed by atoms with Crippen LogP contribution >= 0.6 is 0 Å². The Labute approximate surface area is 114 Å². The Morgan fingerprint density at radius 3 is 2.58 bits per heavy atom. The van der Waals surface area contributed by atoms with Gasteiger partial charge in [0.15, 0.2) is 0 Å². The number of hydrogen-bond acceptors (Lipinski definition) is 3. The van der Waals surface area contributed by atoms with Crippen LogP contribution in [0.4, 0.5) is 5.69 Å². The van der Waals surface area contributed by atoms with Crippen molar-refractivity contribution < 1.29 is 13.2 Å². The first-order valence-corrected chi connectivity index (χ1v) is 8.05. The third-order valence-electron chi connectivity index (χ3n) is 4.08. The lowest BCUT2D eigenvalue weighted by molar-refractivity contribution is 0.313. The molecule has 1 heterocycles. The van der Waals surface area contributed by atoms with E-state index in [0.29, 0.717) is 24.6 Å². The number of hydrogen-bond donors (Lipinski definition) is 0. The second-order valence-corrected chi connectivity index (χ2v) is 8.18. The Kier molecular flexibility index (Phi) is 2.61. The van der Waals surface area contributed by atoms with Gasteiger partial charge >= 0.3 is 0 Å². The minimum absolute atomic E-state index is 0.411. The number of sulfonamides is 1. The molecule has 0 aromatic heterocycles. The highest BCUT2D eigenvalue weighted by Gasteiger charge is 2.53. The third-order valence-corrected chi connectivity index (χ3v) is 6.69. The van der Waals surface area contributed by atoms with Crippen molar-refractivity contribution in [1.82, 2.24) is 0 Å². The molecule has 1 aromatic carbocycles. The minimum Gasteiger partial charge on any atom is -0.489 e. The standard InChI is InChI=1S/C14H19NO3S/c1-10-8-11(2)13-12(9-10)15(6-7-18-13)19(16,17)14(3)4-5-14/h8-9H,4-7H2,1-3H3. The molecule has 0 radical (unpaired) electrons. The van der Waals surface area contributed by atoms with Crippen LogP contribution in [0.25, 0.3) is 0 Å². The Hall–Kier alpha value is -1.23. The summed E-state index contributed by atoms with van der Waals surface area (Å²) in [6.45, 7) is 6.60. The van der Waals surface area contributed by atoms with Gasteiger partial charge in [-0.2, -0.15) is 0 Å². The fraction of sp³-hybridized carbons (Fsp3) is 0.571. The molecule has 0 atom stereocenters. The molecule has 0 spiro atoms. The maximum atomic E-state index is 12.7. The van der Waals surface area contributed by atoms with Gasteiger partial charge < -0.3 is 4.74 Å². The van der Waals surface area contributed by atoms with Crippen molar-refractivity contribution >= 4 is 15.7 Å². The predicted octanol–water partition coefficient (Wildman–Crippen LogP) is 2.38. The highest BCUT2D eigenvalue weighted by Crippen LogP contribution is 2.48. The van der Waals surface area contributed by atoms with Crippen molar-refractivity contribution in [2.24, 2.45) is 0 Å². The van der Waals surface area contributed by atoms with Gasteiger partial charge in [-0.1, -0.05) is 6.07 Å². The lowest BCUT2D eigenvalue weighted by Crippen LogP contribution is -2.43. The van der Waals surface area contributed by atoms with Crippen molar-refractivity contribution in [2.45, 2.75) is 38.4 Å². The molecule has 0 bridgehead atoms. The van der Waals surface area contributed by atoms with Crippen molar-refractivity contribution in [2.75, 3.05) is 17.5 Å². The third kappa shape index (κ3) is 1.83. The van der Waals surface area contributed by atoms with E-state index in [1.807, 2.05) is 32.9 Å². The lowest BCUT2D eigenvalue weighted by atomic mass is 10.1. The number of aryl methyl sites for hydroxylation is 2. The van der Waals surface area contributed by atoms with Gasteiger partial charge in [-0.05, 0) is 50.8 Å². The van der Waals surface area contributed by atoms with Gasteiger partial charge in [0.1, 0.15) is 12.4 Å². The lowest BCUT2D eigenvalue weighted by Gasteiger charge is -2.33. The number of benzene rings is 1. The van der Waals surface area contributed by atoms with Crippen molar-refractivity contribution in [3.05, 3.63) is 23.3 Å². The minimum atomic E-state index is -3.28. The quantitative estimate of drug-likeness (QED) is 0.836. The van der Waals surface area contributed by atoms with Crippen LogP contribution in [-0.4, -0.2) is 26.3 Å². The predicted molar refractivity (Wildman–Crippen MR) is 75.3 cm³/mol. The summed E-state index contributed by atoms with van der Waals surface area (Å²) < 4.78 is 32.1. The fourth-order valence-corrected chi connectivity index (χ4v) is 4.47. The van der Waals surface area contributed by atoms with Crippen LogP contribution in [0.2, 0.25) is 0 Å². The molecular formula is C14H19NO3S. The average Bonchev–Trinajstić information content (AvgIpc) is 3.08. The van der Waals surface area contributed by atoms with E-state index in [-0.39, 0.29) is 0 Å². The summed E-state index contributed by atoms with van der Waals surface area (Å²) in [6, 6.07) is 3.93. The molecule has 3 rings (SSSR count). The van der Waals surface area contributed by atoms with Gasteiger partial charge in [0, 0.05) is 0 Å². The van der Waals surface area contributed by atoms with Crippen LogP contribution in [0.3, 0.4) is 0 Å². The molecule has 4 nitrogen and oxygen atoms in total. The molecule has 0 saturated heterocycles. The van der Waals surface area contributed by atoms with E-state index in [4.69, 9.17) is 4.74 Å². The topological polar surface area (TPSA) is 46.6 Å². The highest BCUT2D eigenvalue weighted by molar-refractivity contribution is 7.94. The van der Waals surface area contributed by atoms with E-state index >= 15 is 0 Å². The SMILES string of the molecule is Cc1cc(C)c2c(c1)N(S(=O)(=O)C1(C)CC1)CCO2. The van der Waals surface area contributed by atoms with Gasteiger partial charge in [-0.15, -0.1) is 0 Å². The largest absolute Gasteiger partial charge is 0.489 e. The molecular weight excluding hydrogens is 262 g/mol. The molecule has 2 aliphatic rings. The van der Waals surface area contributed by atoms with Crippen LogP contribution in [0.5, 0.6) is 5.75 Å². The van der Waals surface area contributed by atoms with E-state index in [9.17, 15) is 8.42 Å². The van der Waals surface area contributed by atoms with E-state index < -0.39 is 14.8 Å². The normalized spacial score (nSPS) is 20.7. The second-order valence-electron chi connectivity index (χ2n) is 5.81. The Bertz CT molecular complexity index is 632. The molecule has 0 amide bonds. The molecule has 0 unspecified atom stereocenters. The van der Waals surface area contributed by atoms with Gasteiger partial charge in [-0.3, -0.25) is 4.31 Å². The van der Waals surface area contributed by atoms with E-state index in [2.05, 4.69) is 0 Å². The fourth-order valence-electron chi connectivity index (χ4n) is 2.61. The molecule has 104 valence electrons. The van der Waals surface area contributed by atoms with Crippen LogP contribution in [0.1, 0.15) is 30.9 Å². The first-order valence-electron chi connectivity index (χ1n) is 6.61. The number of rotatable bonds is 2. The highest BCUT2D eigenvalue weighted by atomic mass is 32.2. The van der Waals surface area contributed by atoms with Gasteiger partial charge in [0.25, 0.3) is 0 Å². The van der Waals surface area contributed by atoms with Crippen molar-refractivity contribution in [3.8, 4) is 5.75 Å². The Morgan fingerprint density at radius 2 is 1.95 bits per heavy atom. The summed E-state index contributed by atoms with van der Waals surface area (Å²) in [5, 5.41) is 0. The molecule has 1 saturated carbocycles. The maximum absolute atomic E-state index is 12.7. The van der Waals surface area contributed by atoms with Crippen molar-refractivity contribution in [1.29, 1.82) is 0 Å². The number of fused-ring (bicyclic) bond motifs is 1. The summed E-state index contributed by atoms with van der Waals surface area (Å²) in [6.07, 6.45) is 1.51. The van der Waals surface area contributed by atoms with Crippen LogP contribution in [-0.2, 0) is 10.0 Å². The number of ether oxygens (including phenoxy) is 1. The van der Waals surface area contributed by atoms with Crippen molar-refractivity contribution in [3.63, 3.8) is 0 Å². The number of anilines is 1. The summed E-state index contributed by atoms with van der Waals surface area (Å²) in [5.41, 5.74) is 2.76. The summed E-state index contributed by atoms with van der Waals surface area (Å²) in [5.74, 6) is 0.713. The average molecular weight is 281 g/mol. The zero-order chi connectivity index (χ0) is 13.8. The zero-order valence-electron chi connectivity index (χ0n) is 11.6. The molecule has 0 N–H and O–H groups in total. The monoisotopic (exact) mass is 281 g/mol. The molecule has 1 fully saturated rings. The van der Waals surface area contributed by atoms with Crippen LogP contribution < -0.4 is 9.04 Å². The molecule has 1 aromatic rings. The zero-order valence-corrected chi connectivity index (χ0v) is 12.4. The van der Waals surface area contributed by atoms with E-state index in [0.717, 1.165) is 24.0 Å². The van der Waals surface area contributed by atoms with Gasteiger partial charge in [-0.25, -0.2) is 8.42 Å². The summed E-state index contributed by atoms with van der Waals surface area (Å²) in [7, 11) is -3.28. The van der Waals surface area contributed by atoms with Crippen LogP contribution in [0.15, 0.2) is 12.1 Å². The molecule has 1 aliphatic carbocycles. The van der Waals surface area contributed by atoms with Crippen LogP contribution in [0, 0.1) is 13.8 Å². The smallest absolute Gasteiger partial charge is 0.240 e. The first-order chi connectivity index (χ1) is 8.85. The number of nitrogens with zero attached hydrogens (tertiary/aromatic N) is 1. The molecule has 5 heteroatoms. The van der Waals surface area contributed by atoms with E-state index in [1.165, 1.54) is 0 Å². The van der Waals surface area contributed by atoms with Gasteiger partial charge in [0.2, 0.25) is 10.0 Å². The van der Waals surface area contributed by atoms with E-state index in [1.54, 1.807) is 4.31 Å². The Morgan fingerprint density at radius 1 is 1.26 bits per heavy atom. The molecule has 19 heavy (non-hydrogen) atoms. The second kappa shape index (κ2) is 3.88. The first kappa shape index (κ1) is 12.8. The summed E-state index contributed by atoms with van der Waals surface area (Å²) >= 11 is 0. The maximum Gasteiger partial charge on any atom is 0.240 e.